The Bertz CT molecular complexity index is 467. The lowest BCUT2D eigenvalue weighted by Gasteiger charge is -2.10. The molecule has 1 aliphatic heterocycles. The van der Waals surface area contributed by atoms with Gasteiger partial charge in [-0.25, -0.2) is 4.39 Å². The van der Waals surface area contributed by atoms with Gasteiger partial charge in [0.2, 0.25) is 0 Å². The van der Waals surface area contributed by atoms with Crippen molar-refractivity contribution in [3.05, 3.63) is 29.6 Å². The molecule has 2 rings (SSSR count). The molecular weight excluding hydrogens is 259 g/mol. The summed E-state index contributed by atoms with van der Waals surface area (Å²) in [6.07, 6.45) is 1.89. The van der Waals surface area contributed by atoms with E-state index in [1.165, 1.54) is 6.07 Å². The molecule has 20 heavy (non-hydrogen) atoms. The predicted octanol–water partition coefficient (Wildman–Crippen LogP) is 2.55. The quantitative estimate of drug-likeness (QED) is 0.779. The van der Waals surface area contributed by atoms with E-state index in [9.17, 15) is 4.39 Å². The van der Waals surface area contributed by atoms with E-state index < -0.39 is 5.82 Å². The van der Waals surface area contributed by atoms with Crippen molar-refractivity contribution in [2.75, 3.05) is 38.3 Å². The largest absolute Gasteiger partial charge is 0.383 e. The van der Waals surface area contributed by atoms with Crippen molar-refractivity contribution in [3.63, 3.8) is 0 Å². The number of ether oxygens (including phenoxy) is 2. The zero-order chi connectivity index (χ0) is 14.2. The van der Waals surface area contributed by atoms with Crippen molar-refractivity contribution >= 4 is 5.69 Å². The van der Waals surface area contributed by atoms with Crippen molar-refractivity contribution < 1.29 is 13.9 Å². The molecule has 0 spiro atoms. The smallest absolute Gasteiger partial charge is 0.147 e. The molecule has 0 bridgehead atoms. The summed E-state index contributed by atoms with van der Waals surface area (Å²) in [7, 11) is 0. The molecule has 0 saturated carbocycles. The molecule has 1 aliphatic rings. The van der Waals surface area contributed by atoms with Gasteiger partial charge in [0.15, 0.2) is 0 Å². The van der Waals surface area contributed by atoms with E-state index in [0.29, 0.717) is 30.3 Å². The summed E-state index contributed by atoms with van der Waals surface area (Å²) in [5, 5.41) is 11.7. The Morgan fingerprint density at radius 2 is 2.40 bits per heavy atom. The van der Waals surface area contributed by atoms with Crippen LogP contribution in [-0.4, -0.2) is 33.0 Å². The Morgan fingerprint density at radius 1 is 1.50 bits per heavy atom. The Balaban J connectivity index is 1.60. The number of hydrogen-bond donors (Lipinski definition) is 1. The SMILES string of the molecule is N#Cc1ccc(NCCCOC[C@@H]2CCOC2)c(F)c1. The van der Waals surface area contributed by atoms with Crippen LogP contribution < -0.4 is 5.32 Å². The van der Waals surface area contributed by atoms with E-state index in [1.807, 2.05) is 6.07 Å². The third-order valence-electron chi connectivity index (χ3n) is 3.26. The number of hydrogen-bond acceptors (Lipinski definition) is 4. The second-order valence-electron chi connectivity index (χ2n) is 4.89. The molecule has 1 aromatic rings. The number of nitriles is 1. The molecule has 0 radical (unpaired) electrons. The lowest BCUT2D eigenvalue weighted by molar-refractivity contribution is 0.0897. The van der Waals surface area contributed by atoms with Gasteiger partial charge in [-0.2, -0.15) is 5.26 Å². The topological polar surface area (TPSA) is 54.3 Å². The molecule has 1 saturated heterocycles. The maximum absolute atomic E-state index is 13.6. The van der Waals surface area contributed by atoms with Crippen LogP contribution in [0, 0.1) is 23.1 Å². The van der Waals surface area contributed by atoms with E-state index in [4.69, 9.17) is 14.7 Å². The summed E-state index contributed by atoms with van der Waals surface area (Å²) >= 11 is 0. The number of nitrogens with zero attached hydrogens (tertiary/aromatic N) is 1. The highest BCUT2D eigenvalue weighted by molar-refractivity contribution is 5.48. The number of halogens is 1. The van der Waals surface area contributed by atoms with Gasteiger partial charge < -0.3 is 14.8 Å². The van der Waals surface area contributed by atoms with Gasteiger partial charge in [-0.3, -0.25) is 0 Å². The van der Waals surface area contributed by atoms with Crippen LogP contribution >= 0.6 is 0 Å². The lowest BCUT2D eigenvalue weighted by Crippen LogP contribution is -2.12. The fraction of sp³-hybridized carbons (Fsp3) is 0.533. The van der Waals surface area contributed by atoms with Gasteiger partial charge in [0.05, 0.1) is 30.5 Å². The van der Waals surface area contributed by atoms with Crippen LogP contribution in [0.15, 0.2) is 18.2 Å². The minimum absolute atomic E-state index is 0.329. The fourth-order valence-electron chi connectivity index (χ4n) is 2.09. The van der Waals surface area contributed by atoms with Crippen LogP contribution in [0.2, 0.25) is 0 Å². The first-order valence-electron chi connectivity index (χ1n) is 6.88. The average Bonchev–Trinajstić information content (AvgIpc) is 2.97. The maximum Gasteiger partial charge on any atom is 0.147 e. The molecule has 1 aromatic carbocycles. The number of anilines is 1. The first-order chi connectivity index (χ1) is 9.79. The third-order valence-corrected chi connectivity index (χ3v) is 3.26. The molecule has 1 N–H and O–H groups in total. The highest BCUT2D eigenvalue weighted by Crippen LogP contribution is 2.15. The second-order valence-corrected chi connectivity index (χ2v) is 4.89. The lowest BCUT2D eigenvalue weighted by atomic mass is 10.1. The van der Waals surface area contributed by atoms with Crippen LogP contribution in [0.1, 0.15) is 18.4 Å². The van der Waals surface area contributed by atoms with Crippen molar-refractivity contribution in [3.8, 4) is 6.07 Å². The summed E-state index contributed by atoms with van der Waals surface area (Å²) in [6, 6.07) is 6.33. The summed E-state index contributed by atoms with van der Waals surface area (Å²) < 4.78 is 24.4. The third kappa shape index (κ3) is 4.48. The van der Waals surface area contributed by atoms with Gasteiger partial charge in [-0.15, -0.1) is 0 Å². The first kappa shape index (κ1) is 14.8. The van der Waals surface area contributed by atoms with Crippen molar-refractivity contribution in [2.45, 2.75) is 12.8 Å². The Kier molecular flexibility index (Phi) is 5.78. The number of rotatable bonds is 7. The zero-order valence-corrected chi connectivity index (χ0v) is 11.4. The van der Waals surface area contributed by atoms with Crippen LogP contribution in [0.25, 0.3) is 0 Å². The number of nitrogens with one attached hydrogen (secondary N) is 1. The summed E-state index contributed by atoms with van der Waals surface area (Å²) in [6.45, 7) is 3.68. The summed E-state index contributed by atoms with van der Waals surface area (Å²) in [5.74, 6) is 0.131. The predicted molar refractivity (Wildman–Crippen MR) is 74.0 cm³/mol. The molecule has 0 aliphatic carbocycles. The van der Waals surface area contributed by atoms with E-state index in [1.54, 1.807) is 12.1 Å². The molecule has 0 unspecified atom stereocenters. The molecular formula is C15H19FN2O2. The molecule has 5 heteroatoms. The average molecular weight is 278 g/mol. The highest BCUT2D eigenvalue weighted by Gasteiger charge is 2.15. The van der Waals surface area contributed by atoms with Crippen molar-refractivity contribution in [1.82, 2.24) is 0 Å². The van der Waals surface area contributed by atoms with Gasteiger partial charge in [-0.1, -0.05) is 0 Å². The van der Waals surface area contributed by atoms with Gasteiger partial charge in [0.25, 0.3) is 0 Å². The normalized spacial score (nSPS) is 17.9. The molecule has 1 atom stereocenters. The van der Waals surface area contributed by atoms with Crippen LogP contribution in [0.4, 0.5) is 10.1 Å². The monoisotopic (exact) mass is 278 g/mol. The molecule has 108 valence electrons. The standard InChI is InChI=1S/C15H19FN2O2/c16-14-8-12(9-17)2-3-15(14)18-5-1-6-19-10-13-4-7-20-11-13/h2-3,8,13,18H,1,4-7,10-11H2/t13-/m0/s1. The Labute approximate surface area is 118 Å². The first-order valence-corrected chi connectivity index (χ1v) is 6.88. The highest BCUT2D eigenvalue weighted by atomic mass is 19.1. The van der Waals surface area contributed by atoms with Crippen LogP contribution in [0.5, 0.6) is 0 Å². The molecule has 0 amide bonds. The van der Waals surface area contributed by atoms with E-state index >= 15 is 0 Å². The van der Waals surface area contributed by atoms with Crippen LogP contribution in [-0.2, 0) is 9.47 Å². The maximum atomic E-state index is 13.6. The van der Waals surface area contributed by atoms with Gasteiger partial charge in [0, 0.05) is 25.7 Å². The summed E-state index contributed by atoms with van der Waals surface area (Å²) in [4.78, 5) is 0. The van der Waals surface area contributed by atoms with Crippen molar-refractivity contribution in [1.29, 1.82) is 5.26 Å². The Hall–Kier alpha value is -1.64. The van der Waals surface area contributed by atoms with E-state index in [0.717, 1.165) is 32.7 Å². The minimum Gasteiger partial charge on any atom is -0.383 e. The van der Waals surface area contributed by atoms with Gasteiger partial charge in [-0.05, 0) is 31.0 Å². The molecule has 1 fully saturated rings. The fourth-order valence-corrected chi connectivity index (χ4v) is 2.09. The van der Waals surface area contributed by atoms with E-state index in [2.05, 4.69) is 5.32 Å². The minimum atomic E-state index is -0.395. The zero-order valence-electron chi connectivity index (χ0n) is 11.4. The second kappa shape index (κ2) is 7.83. The summed E-state index contributed by atoms with van der Waals surface area (Å²) in [5.41, 5.74) is 0.753. The van der Waals surface area contributed by atoms with Gasteiger partial charge >= 0.3 is 0 Å². The molecule has 0 aromatic heterocycles. The Morgan fingerprint density at radius 3 is 3.10 bits per heavy atom. The number of benzene rings is 1. The molecule has 1 heterocycles. The van der Waals surface area contributed by atoms with Gasteiger partial charge in [0.1, 0.15) is 5.82 Å². The van der Waals surface area contributed by atoms with Crippen LogP contribution in [0.3, 0.4) is 0 Å². The van der Waals surface area contributed by atoms with Crippen molar-refractivity contribution in [2.24, 2.45) is 5.92 Å². The van der Waals surface area contributed by atoms with E-state index in [-0.39, 0.29) is 0 Å². The molecule has 4 nitrogen and oxygen atoms in total.